The molecule has 0 aromatic heterocycles. The second-order valence-electron chi connectivity index (χ2n) is 4.13. The second kappa shape index (κ2) is 5.21. The van der Waals surface area contributed by atoms with Crippen LogP contribution in [0.5, 0.6) is 0 Å². The lowest BCUT2D eigenvalue weighted by molar-refractivity contribution is -0.148. The van der Waals surface area contributed by atoms with Gasteiger partial charge in [0, 0.05) is 11.8 Å². The highest BCUT2D eigenvalue weighted by molar-refractivity contribution is 6.26. The molecule has 0 spiro atoms. The van der Waals surface area contributed by atoms with E-state index in [0.717, 1.165) is 0 Å². The average Bonchev–Trinajstić information content (AvgIpc) is 2.66. The average molecular weight is 267 g/mol. The van der Waals surface area contributed by atoms with Gasteiger partial charge in [0.05, 0.1) is 26.1 Å². The van der Waals surface area contributed by atoms with Crippen LogP contribution < -0.4 is 0 Å². The van der Waals surface area contributed by atoms with E-state index in [1.165, 1.54) is 0 Å². The van der Waals surface area contributed by atoms with Crippen LogP contribution in [0.4, 0.5) is 4.39 Å². The molecule has 0 heterocycles. The fourth-order valence-electron chi connectivity index (χ4n) is 1.80. The Morgan fingerprint density at radius 1 is 1.18 bits per heavy atom. The number of esters is 2. The van der Waals surface area contributed by atoms with Crippen molar-refractivity contribution in [3.05, 3.63) is 0 Å². The van der Waals surface area contributed by atoms with Crippen LogP contribution in [0, 0.1) is 5.41 Å². The van der Waals surface area contributed by atoms with Crippen LogP contribution in [0.3, 0.4) is 0 Å². The largest absolute Gasteiger partial charge is 0.466 e. The SMILES string of the molecule is CCOC(=O)CC1(CC(=O)OCC)C[C@]1(F)Cl. The molecule has 0 N–H and O–H groups in total. The van der Waals surface area contributed by atoms with Gasteiger partial charge >= 0.3 is 11.9 Å². The maximum Gasteiger partial charge on any atom is 0.306 e. The fourth-order valence-corrected chi connectivity index (χ4v) is 2.19. The third-order valence-electron chi connectivity index (χ3n) is 2.79. The molecule has 1 rings (SSSR count). The van der Waals surface area contributed by atoms with Gasteiger partial charge in [0.2, 0.25) is 0 Å². The lowest BCUT2D eigenvalue weighted by atomic mass is 9.98. The van der Waals surface area contributed by atoms with E-state index in [1.807, 2.05) is 0 Å². The Kier molecular flexibility index (Phi) is 4.36. The monoisotopic (exact) mass is 266 g/mol. The molecule has 0 amide bonds. The van der Waals surface area contributed by atoms with Crippen molar-refractivity contribution < 1.29 is 23.5 Å². The van der Waals surface area contributed by atoms with Crippen LogP contribution in [-0.4, -0.2) is 30.3 Å². The molecule has 1 aliphatic rings. The Bertz CT molecular complexity index is 297. The third-order valence-corrected chi connectivity index (χ3v) is 3.32. The molecule has 17 heavy (non-hydrogen) atoms. The molecule has 1 aliphatic carbocycles. The Labute approximate surface area is 104 Å². The smallest absolute Gasteiger partial charge is 0.306 e. The second-order valence-corrected chi connectivity index (χ2v) is 4.72. The van der Waals surface area contributed by atoms with Crippen molar-refractivity contribution in [2.75, 3.05) is 13.2 Å². The first-order valence-corrected chi connectivity index (χ1v) is 5.94. The normalized spacial score (nSPS) is 25.2. The van der Waals surface area contributed by atoms with Crippen LogP contribution >= 0.6 is 11.6 Å². The highest BCUT2D eigenvalue weighted by atomic mass is 35.5. The molecule has 98 valence electrons. The van der Waals surface area contributed by atoms with E-state index in [4.69, 9.17) is 21.1 Å². The predicted octanol–water partition coefficient (Wildman–Crippen LogP) is 2.19. The molecule has 0 saturated heterocycles. The van der Waals surface area contributed by atoms with Gasteiger partial charge in [0.25, 0.3) is 0 Å². The molecule has 0 aromatic rings. The quantitative estimate of drug-likeness (QED) is 0.546. The summed E-state index contributed by atoms with van der Waals surface area (Å²) in [7, 11) is 0. The number of ether oxygens (including phenoxy) is 2. The van der Waals surface area contributed by atoms with Gasteiger partial charge in [0.15, 0.2) is 5.13 Å². The zero-order valence-electron chi connectivity index (χ0n) is 9.92. The van der Waals surface area contributed by atoms with Gasteiger partial charge in [-0.3, -0.25) is 9.59 Å². The predicted molar refractivity (Wildman–Crippen MR) is 59.2 cm³/mol. The van der Waals surface area contributed by atoms with Gasteiger partial charge in [-0.25, -0.2) is 4.39 Å². The molecule has 1 fully saturated rings. The van der Waals surface area contributed by atoms with Crippen molar-refractivity contribution in [2.45, 2.75) is 38.2 Å². The summed E-state index contributed by atoms with van der Waals surface area (Å²) in [5.74, 6) is -1.09. The van der Waals surface area contributed by atoms with E-state index in [-0.39, 0.29) is 32.5 Å². The Hall–Kier alpha value is -0.840. The van der Waals surface area contributed by atoms with Gasteiger partial charge in [0.1, 0.15) is 0 Å². The third kappa shape index (κ3) is 3.31. The molecule has 4 nitrogen and oxygen atoms in total. The maximum absolute atomic E-state index is 13.7. The highest BCUT2D eigenvalue weighted by Gasteiger charge is 2.70. The van der Waals surface area contributed by atoms with Crippen LogP contribution in [0.15, 0.2) is 0 Å². The first kappa shape index (κ1) is 14.2. The van der Waals surface area contributed by atoms with Crippen LogP contribution in [0.25, 0.3) is 0 Å². The number of carbonyl (C=O) groups is 2. The zero-order valence-corrected chi connectivity index (χ0v) is 10.7. The van der Waals surface area contributed by atoms with E-state index in [9.17, 15) is 14.0 Å². The molecule has 1 saturated carbocycles. The lowest BCUT2D eigenvalue weighted by Crippen LogP contribution is -2.22. The van der Waals surface area contributed by atoms with Gasteiger partial charge in [-0.15, -0.1) is 0 Å². The number of halogens is 2. The van der Waals surface area contributed by atoms with E-state index < -0.39 is 22.5 Å². The molecule has 0 unspecified atom stereocenters. The minimum Gasteiger partial charge on any atom is -0.466 e. The standard InChI is InChI=1S/C11H16ClFO4/c1-3-16-8(14)5-10(7-11(10,12)13)6-9(15)17-4-2/h3-7H2,1-2H3/t11-/m1/s1. The van der Waals surface area contributed by atoms with Crippen LogP contribution in [0.1, 0.15) is 33.1 Å². The molecule has 6 heteroatoms. The molecule has 0 bridgehead atoms. The Morgan fingerprint density at radius 2 is 1.53 bits per heavy atom. The van der Waals surface area contributed by atoms with Crippen molar-refractivity contribution in [1.29, 1.82) is 0 Å². The van der Waals surface area contributed by atoms with Gasteiger partial charge in [-0.1, -0.05) is 11.6 Å². The van der Waals surface area contributed by atoms with Gasteiger partial charge in [-0.2, -0.15) is 0 Å². The zero-order chi connectivity index (χ0) is 13.1. The minimum absolute atomic E-state index is 0.0286. The Balaban J connectivity index is 2.60. The van der Waals surface area contributed by atoms with E-state index in [2.05, 4.69) is 0 Å². The molecule has 0 aliphatic heterocycles. The van der Waals surface area contributed by atoms with Crippen LogP contribution in [0.2, 0.25) is 0 Å². The summed E-state index contributed by atoms with van der Waals surface area (Å²) in [4.78, 5) is 22.7. The molecule has 0 aromatic carbocycles. The fraction of sp³-hybridized carbons (Fsp3) is 0.818. The summed E-state index contributed by atoms with van der Waals surface area (Å²) in [6.45, 7) is 3.75. The number of rotatable bonds is 6. The Morgan fingerprint density at radius 3 is 1.76 bits per heavy atom. The number of alkyl halides is 2. The van der Waals surface area contributed by atoms with Crippen molar-refractivity contribution in [2.24, 2.45) is 5.41 Å². The topological polar surface area (TPSA) is 52.6 Å². The summed E-state index contributed by atoms with van der Waals surface area (Å²) in [5.41, 5.74) is -1.16. The molecular weight excluding hydrogens is 251 g/mol. The van der Waals surface area contributed by atoms with Gasteiger partial charge < -0.3 is 9.47 Å². The number of carbonyl (C=O) groups excluding carboxylic acids is 2. The number of hydrogen-bond acceptors (Lipinski definition) is 4. The van der Waals surface area contributed by atoms with Crippen molar-refractivity contribution in [3.63, 3.8) is 0 Å². The molecular formula is C11H16ClFO4. The molecule has 1 atom stereocenters. The summed E-state index contributed by atoms with van der Waals surface area (Å²) in [6.07, 6.45) is -0.418. The summed E-state index contributed by atoms with van der Waals surface area (Å²) in [5, 5.41) is -2.01. The first-order chi connectivity index (χ1) is 7.87. The van der Waals surface area contributed by atoms with E-state index in [0.29, 0.717) is 0 Å². The van der Waals surface area contributed by atoms with Crippen LogP contribution in [-0.2, 0) is 19.1 Å². The molecule has 0 radical (unpaired) electrons. The summed E-state index contributed by atoms with van der Waals surface area (Å²) >= 11 is 5.57. The van der Waals surface area contributed by atoms with E-state index >= 15 is 0 Å². The highest BCUT2D eigenvalue weighted by Crippen LogP contribution is 2.66. The van der Waals surface area contributed by atoms with Crippen molar-refractivity contribution in [3.8, 4) is 0 Å². The maximum atomic E-state index is 13.7. The van der Waals surface area contributed by atoms with Crippen molar-refractivity contribution in [1.82, 2.24) is 0 Å². The van der Waals surface area contributed by atoms with E-state index in [1.54, 1.807) is 13.8 Å². The van der Waals surface area contributed by atoms with Gasteiger partial charge in [-0.05, 0) is 13.8 Å². The number of hydrogen-bond donors (Lipinski definition) is 0. The minimum atomic E-state index is -2.01. The van der Waals surface area contributed by atoms with Crippen molar-refractivity contribution >= 4 is 23.5 Å². The first-order valence-electron chi connectivity index (χ1n) is 5.56. The lowest BCUT2D eigenvalue weighted by Gasteiger charge is -2.15. The summed E-state index contributed by atoms with van der Waals surface area (Å²) in [6, 6.07) is 0. The summed E-state index contributed by atoms with van der Waals surface area (Å²) < 4.78 is 23.1.